The van der Waals surface area contributed by atoms with Crippen molar-refractivity contribution in [2.24, 2.45) is 0 Å². The second kappa shape index (κ2) is 13.6. The summed E-state index contributed by atoms with van der Waals surface area (Å²) in [7, 11) is 1.33. The van der Waals surface area contributed by atoms with Crippen molar-refractivity contribution in [3.8, 4) is 0 Å². The molecule has 0 fully saturated rings. The van der Waals surface area contributed by atoms with Gasteiger partial charge in [0.1, 0.15) is 5.69 Å². The summed E-state index contributed by atoms with van der Waals surface area (Å²) in [6.45, 7) is 15.4. The van der Waals surface area contributed by atoms with Crippen LogP contribution < -0.4 is 0 Å². The molecule has 5 heterocycles. The molecular weight excluding hydrogens is 584 g/mol. The molecule has 0 saturated heterocycles. The highest BCUT2D eigenvalue weighted by Gasteiger charge is 2.34. The van der Waals surface area contributed by atoms with Gasteiger partial charge in [-0.05, 0) is 74.9 Å². The number of carbonyl (C=O) groups is 3. The number of hydrogen-bond donors (Lipinski definition) is 2. The molecule has 0 amide bonds. The number of allylic oxidation sites excluding steroid dienone is 1. The molecule has 2 N–H and O–H groups in total. The number of fused-ring (bicyclic) bond motifs is 8. The maximum atomic E-state index is 12.9. The van der Waals surface area contributed by atoms with Gasteiger partial charge in [0.15, 0.2) is 5.76 Å². The van der Waals surface area contributed by atoms with E-state index in [2.05, 4.69) is 50.3 Å². The SMILES string of the molecule is C=Cc1c(C)c2cc3nc(c(CC(=O)OC)c4nc(cc5[nH]c(cc1[nH]2)c(C)c5CC)C(C)=C4OC=O)[C@@H](CCCOC=O)[C@@H]3C. The summed E-state index contributed by atoms with van der Waals surface area (Å²) in [6.07, 6.45) is 3.73. The molecule has 0 saturated carbocycles. The molecule has 0 aromatic carbocycles. The molecule has 2 aliphatic heterocycles. The Balaban J connectivity index is 1.97. The number of carbonyl (C=O) groups excluding carboxylic acids is 3. The fraction of sp³-hybridized carbons (Fsp3) is 0.361. The van der Waals surface area contributed by atoms with Gasteiger partial charge in [0.05, 0.1) is 31.5 Å². The van der Waals surface area contributed by atoms with Crippen LogP contribution in [0.1, 0.15) is 96.0 Å². The van der Waals surface area contributed by atoms with Crippen LogP contribution >= 0.6 is 0 Å². The van der Waals surface area contributed by atoms with E-state index < -0.39 is 5.97 Å². The van der Waals surface area contributed by atoms with Gasteiger partial charge in [-0.3, -0.25) is 19.4 Å². The van der Waals surface area contributed by atoms with Crippen LogP contribution in [0.4, 0.5) is 0 Å². The van der Waals surface area contributed by atoms with Crippen molar-refractivity contribution < 1.29 is 28.6 Å². The zero-order valence-corrected chi connectivity index (χ0v) is 27.2. The van der Waals surface area contributed by atoms with E-state index in [4.69, 9.17) is 24.2 Å². The fourth-order valence-electron chi connectivity index (χ4n) is 6.65. The summed E-state index contributed by atoms with van der Waals surface area (Å²) in [6, 6.07) is 6.11. The van der Waals surface area contributed by atoms with E-state index in [0.29, 0.717) is 54.0 Å². The highest BCUT2D eigenvalue weighted by Crippen LogP contribution is 2.43. The molecule has 5 rings (SSSR count). The maximum Gasteiger partial charge on any atom is 0.310 e. The van der Waals surface area contributed by atoms with Crippen LogP contribution in [0.15, 0.2) is 24.8 Å². The van der Waals surface area contributed by atoms with E-state index in [1.54, 1.807) is 0 Å². The van der Waals surface area contributed by atoms with Gasteiger partial charge in [-0.1, -0.05) is 26.5 Å². The van der Waals surface area contributed by atoms with Crippen LogP contribution in [-0.2, 0) is 41.4 Å². The van der Waals surface area contributed by atoms with Crippen molar-refractivity contribution in [1.29, 1.82) is 0 Å². The summed E-state index contributed by atoms with van der Waals surface area (Å²) in [5.74, 6) is -0.412. The zero-order valence-electron chi connectivity index (χ0n) is 27.2. The average Bonchev–Trinajstić information content (AvgIpc) is 3.71. The van der Waals surface area contributed by atoms with E-state index >= 15 is 0 Å². The van der Waals surface area contributed by atoms with Gasteiger partial charge in [0.2, 0.25) is 0 Å². The number of H-pyrrole nitrogens is 2. The van der Waals surface area contributed by atoms with E-state index in [1.807, 2.05) is 25.1 Å². The summed E-state index contributed by atoms with van der Waals surface area (Å²) in [5, 5.41) is 0. The summed E-state index contributed by atoms with van der Waals surface area (Å²) in [5.41, 5.74) is 11.6. The fourth-order valence-corrected chi connectivity index (χ4v) is 6.65. The largest absolute Gasteiger partial charge is 0.469 e. The van der Waals surface area contributed by atoms with Crippen LogP contribution in [0.25, 0.3) is 39.5 Å². The highest BCUT2D eigenvalue weighted by atomic mass is 16.5. The summed E-state index contributed by atoms with van der Waals surface area (Å²) in [4.78, 5) is 52.9. The van der Waals surface area contributed by atoms with Crippen molar-refractivity contribution in [2.75, 3.05) is 13.7 Å². The third kappa shape index (κ3) is 5.87. The lowest BCUT2D eigenvalue weighted by Crippen LogP contribution is -2.13. The van der Waals surface area contributed by atoms with E-state index in [1.165, 1.54) is 7.11 Å². The smallest absolute Gasteiger partial charge is 0.310 e. The number of methoxy groups -OCH3 is 1. The van der Waals surface area contributed by atoms with Crippen molar-refractivity contribution >= 4 is 58.4 Å². The second-order valence-electron chi connectivity index (χ2n) is 11.7. The number of nitrogens with zero attached hydrogens (tertiary/aromatic N) is 2. The molecule has 46 heavy (non-hydrogen) atoms. The number of hydrogen-bond acceptors (Lipinski definition) is 8. The predicted molar refractivity (Wildman–Crippen MR) is 178 cm³/mol. The Morgan fingerprint density at radius 3 is 2.39 bits per heavy atom. The van der Waals surface area contributed by atoms with Crippen molar-refractivity contribution in [3.63, 3.8) is 0 Å². The third-order valence-corrected chi connectivity index (χ3v) is 9.24. The van der Waals surface area contributed by atoms with E-state index in [9.17, 15) is 14.4 Å². The summed E-state index contributed by atoms with van der Waals surface area (Å²) < 4.78 is 15.7. The minimum absolute atomic E-state index is 0.0608. The molecule has 3 aromatic heterocycles. The molecule has 0 radical (unpaired) electrons. The number of ether oxygens (including phenoxy) is 3. The first kappa shape index (κ1) is 32.4. The molecule has 2 atom stereocenters. The first-order chi connectivity index (χ1) is 22.2. The molecule has 0 unspecified atom stereocenters. The van der Waals surface area contributed by atoms with E-state index in [-0.39, 0.29) is 30.6 Å². The third-order valence-electron chi connectivity index (χ3n) is 9.24. The van der Waals surface area contributed by atoms with Crippen molar-refractivity contribution in [3.05, 3.63) is 75.4 Å². The quantitative estimate of drug-likeness (QED) is 0.103. The van der Waals surface area contributed by atoms with Gasteiger partial charge in [-0.2, -0.15) is 0 Å². The maximum absolute atomic E-state index is 12.9. The van der Waals surface area contributed by atoms with Gasteiger partial charge in [-0.25, -0.2) is 4.98 Å². The lowest BCUT2D eigenvalue weighted by molar-refractivity contribution is -0.139. The van der Waals surface area contributed by atoms with Crippen LogP contribution in [0.5, 0.6) is 0 Å². The number of esters is 1. The van der Waals surface area contributed by atoms with Gasteiger partial charge in [0, 0.05) is 56.3 Å². The lowest BCUT2D eigenvalue weighted by atomic mass is 9.85. The normalized spacial score (nSPS) is 15.9. The van der Waals surface area contributed by atoms with Crippen LogP contribution in [0.2, 0.25) is 0 Å². The monoisotopic (exact) mass is 624 g/mol. The number of aryl methyl sites for hydroxylation is 3. The molecule has 0 spiro atoms. The minimum atomic E-state index is -0.475. The number of aromatic nitrogens is 4. The molecule has 0 aliphatic carbocycles. The number of nitrogens with one attached hydrogen (secondary N) is 2. The average molecular weight is 625 g/mol. The second-order valence-corrected chi connectivity index (χ2v) is 11.7. The van der Waals surface area contributed by atoms with Gasteiger partial charge in [-0.15, -0.1) is 0 Å². The Kier molecular flexibility index (Phi) is 9.55. The Morgan fingerprint density at radius 2 is 1.72 bits per heavy atom. The van der Waals surface area contributed by atoms with E-state index in [0.717, 1.165) is 56.4 Å². The predicted octanol–water partition coefficient (Wildman–Crippen LogP) is 6.75. The molecule has 3 aromatic rings. The molecule has 240 valence electrons. The zero-order chi connectivity index (χ0) is 33.1. The van der Waals surface area contributed by atoms with Gasteiger partial charge in [0.25, 0.3) is 12.9 Å². The van der Waals surface area contributed by atoms with Crippen molar-refractivity contribution in [1.82, 2.24) is 19.9 Å². The first-order valence-electron chi connectivity index (χ1n) is 15.5. The Hall–Kier alpha value is -4.99. The topological polar surface area (TPSA) is 136 Å². The van der Waals surface area contributed by atoms with Crippen LogP contribution in [-0.4, -0.2) is 52.6 Å². The molecule has 10 nitrogen and oxygen atoms in total. The van der Waals surface area contributed by atoms with Gasteiger partial charge >= 0.3 is 5.97 Å². The molecular formula is C36H40N4O6. The van der Waals surface area contributed by atoms with Crippen molar-refractivity contribution in [2.45, 2.75) is 72.1 Å². The molecule has 8 bridgehead atoms. The van der Waals surface area contributed by atoms with Gasteiger partial charge < -0.3 is 24.2 Å². The Morgan fingerprint density at radius 1 is 0.978 bits per heavy atom. The Labute approximate surface area is 267 Å². The number of rotatable bonds is 11. The van der Waals surface area contributed by atoms with Crippen LogP contribution in [0, 0.1) is 13.8 Å². The summed E-state index contributed by atoms with van der Waals surface area (Å²) >= 11 is 0. The first-order valence-corrected chi connectivity index (χ1v) is 15.5. The number of aromatic amines is 2. The Bertz CT molecular complexity index is 1910. The molecule has 10 heteroatoms. The molecule has 2 aliphatic rings. The minimum Gasteiger partial charge on any atom is -0.469 e. The lowest BCUT2D eigenvalue weighted by Gasteiger charge is -2.18. The van der Waals surface area contributed by atoms with Crippen LogP contribution in [0.3, 0.4) is 0 Å². The standard InChI is InChI=1S/C36H40N4O6/c1-8-23-19(3)27-14-29-21(5)25(11-10-12-45-17-41)34(39-29)26(13-33(43)44-7)35-36(46-18-42)22(6)30(40-35)16-32-24(9-2)20(4)28(38-32)15-31(23)37-27/h8,14-18,21,25,37-38H,1,9-13H2,2-7H3/t21-,25-/m0/s1. The highest BCUT2D eigenvalue weighted by molar-refractivity contribution is 5.93.